The first-order valence-electron chi connectivity index (χ1n) is 8.45. The highest BCUT2D eigenvalue weighted by Gasteiger charge is 2.23. The minimum absolute atomic E-state index is 0.00222. The molecule has 0 spiro atoms. The summed E-state index contributed by atoms with van der Waals surface area (Å²) in [5, 5.41) is 0.802. The highest BCUT2D eigenvalue weighted by Crippen LogP contribution is 2.28. The lowest BCUT2D eigenvalue weighted by Crippen LogP contribution is -2.09. The van der Waals surface area contributed by atoms with Gasteiger partial charge in [0.2, 0.25) is 11.5 Å². The molecule has 0 fully saturated rings. The van der Waals surface area contributed by atoms with Crippen molar-refractivity contribution in [3.05, 3.63) is 59.2 Å². The molecule has 0 atom stereocenters. The Hall–Kier alpha value is -3.06. The van der Waals surface area contributed by atoms with Crippen LogP contribution in [0, 0.1) is 0 Å². The summed E-state index contributed by atoms with van der Waals surface area (Å²) in [6, 6.07) is 10.3. The molecule has 0 bridgehead atoms. The van der Waals surface area contributed by atoms with Crippen LogP contribution in [-0.2, 0) is 27.4 Å². The van der Waals surface area contributed by atoms with E-state index in [0.29, 0.717) is 16.9 Å². The van der Waals surface area contributed by atoms with Gasteiger partial charge in [-0.1, -0.05) is 18.2 Å². The van der Waals surface area contributed by atoms with Crippen molar-refractivity contribution in [1.82, 2.24) is 0 Å². The van der Waals surface area contributed by atoms with Crippen molar-refractivity contribution >= 4 is 22.9 Å². The molecule has 0 aliphatic rings. The zero-order chi connectivity index (χ0) is 19.4. The topological polar surface area (TPSA) is 88.1 Å². The number of carbonyl (C=O) groups is 2. The predicted molar refractivity (Wildman–Crippen MR) is 95.3 cm³/mol. The number of ether oxygens (including phenoxy) is 3. The van der Waals surface area contributed by atoms with Crippen molar-refractivity contribution in [3.8, 4) is 0 Å². The van der Waals surface area contributed by atoms with Gasteiger partial charge >= 0.3 is 11.9 Å². The molecule has 3 aromatic rings. The number of benzene rings is 1. The van der Waals surface area contributed by atoms with Crippen molar-refractivity contribution < 1.29 is 32.6 Å². The maximum Gasteiger partial charge on any atom is 0.375 e. The number of carbonyl (C=O) groups excluding carboxylic acids is 2. The van der Waals surface area contributed by atoms with Crippen LogP contribution in [0.4, 0.5) is 0 Å². The highest BCUT2D eigenvalue weighted by molar-refractivity contribution is 5.96. The quantitative estimate of drug-likeness (QED) is 0.577. The van der Waals surface area contributed by atoms with Crippen LogP contribution in [0.5, 0.6) is 0 Å². The van der Waals surface area contributed by atoms with E-state index >= 15 is 0 Å². The summed E-state index contributed by atoms with van der Waals surface area (Å²) in [5.74, 6) is -0.780. The highest BCUT2D eigenvalue weighted by atomic mass is 16.6. The Kier molecular flexibility index (Phi) is 5.61. The summed E-state index contributed by atoms with van der Waals surface area (Å²) in [4.78, 5) is 23.9. The Labute approximate surface area is 155 Å². The minimum Gasteiger partial charge on any atom is -0.463 e. The van der Waals surface area contributed by atoms with Crippen molar-refractivity contribution in [2.24, 2.45) is 0 Å². The Bertz CT molecular complexity index is 948. The van der Waals surface area contributed by atoms with Crippen LogP contribution in [0.3, 0.4) is 0 Å². The number of fused-ring (bicyclic) bond motifs is 1. The molecule has 3 rings (SSSR count). The van der Waals surface area contributed by atoms with E-state index in [4.69, 9.17) is 18.3 Å². The van der Waals surface area contributed by atoms with Crippen LogP contribution in [0.2, 0.25) is 0 Å². The molecular weight excluding hydrogens is 352 g/mol. The van der Waals surface area contributed by atoms with E-state index < -0.39 is 11.9 Å². The van der Waals surface area contributed by atoms with Crippen LogP contribution in [0.25, 0.3) is 11.0 Å². The van der Waals surface area contributed by atoms with E-state index in [9.17, 15) is 9.59 Å². The summed E-state index contributed by atoms with van der Waals surface area (Å²) >= 11 is 0. The van der Waals surface area contributed by atoms with Gasteiger partial charge in [-0.2, -0.15) is 0 Å². The lowest BCUT2D eigenvalue weighted by atomic mass is 10.1. The number of rotatable bonds is 7. The van der Waals surface area contributed by atoms with E-state index in [-0.39, 0.29) is 30.8 Å². The zero-order valence-electron chi connectivity index (χ0n) is 15.3. The summed E-state index contributed by atoms with van der Waals surface area (Å²) in [6.07, 6.45) is 0.00222. The lowest BCUT2D eigenvalue weighted by Gasteiger charge is -2.08. The zero-order valence-corrected chi connectivity index (χ0v) is 15.3. The molecule has 0 aliphatic heterocycles. The molecule has 0 saturated carbocycles. The molecule has 1 aromatic carbocycles. The fourth-order valence-electron chi connectivity index (χ4n) is 2.52. The molecule has 0 aliphatic carbocycles. The van der Waals surface area contributed by atoms with Gasteiger partial charge in [0.05, 0.1) is 19.8 Å². The number of esters is 2. The van der Waals surface area contributed by atoms with Gasteiger partial charge < -0.3 is 23.0 Å². The van der Waals surface area contributed by atoms with Crippen LogP contribution >= 0.6 is 0 Å². The number of furan rings is 2. The lowest BCUT2D eigenvalue weighted by molar-refractivity contribution is 0.0382. The van der Waals surface area contributed by atoms with Gasteiger partial charge in [-0.05, 0) is 32.0 Å². The molecule has 2 aromatic heterocycles. The van der Waals surface area contributed by atoms with Crippen LogP contribution in [-0.4, -0.2) is 25.2 Å². The standard InChI is InChI=1S/C20H20O7/c1-12(2)24-11-15-14-6-4-5-7-16(14)27-18(15)20(22)25-10-13-8-9-17(26-13)19(21)23-3/h4-9,12H,10-11H2,1-3H3. The second-order valence-electron chi connectivity index (χ2n) is 6.10. The van der Waals surface area contributed by atoms with Gasteiger partial charge in [0.1, 0.15) is 18.0 Å². The summed E-state index contributed by atoms with van der Waals surface area (Å²) in [6.45, 7) is 3.91. The molecule has 2 heterocycles. The third-order valence-corrected chi connectivity index (χ3v) is 3.84. The smallest absolute Gasteiger partial charge is 0.375 e. The molecule has 0 radical (unpaired) electrons. The van der Waals surface area contributed by atoms with E-state index in [0.717, 1.165) is 5.39 Å². The Morgan fingerprint density at radius 2 is 1.78 bits per heavy atom. The molecule has 142 valence electrons. The second-order valence-corrected chi connectivity index (χ2v) is 6.10. The maximum absolute atomic E-state index is 12.5. The Morgan fingerprint density at radius 3 is 2.52 bits per heavy atom. The maximum atomic E-state index is 12.5. The number of methoxy groups -OCH3 is 1. The van der Waals surface area contributed by atoms with E-state index in [1.54, 1.807) is 12.1 Å². The molecule has 7 nitrogen and oxygen atoms in total. The van der Waals surface area contributed by atoms with E-state index in [2.05, 4.69) is 4.74 Å². The summed E-state index contributed by atoms with van der Waals surface area (Å²) in [7, 11) is 1.26. The van der Waals surface area contributed by atoms with Crippen molar-refractivity contribution in [2.45, 2.75) is 33.2 Å². The van der Waals surface area contributed by atoms with Gasteiger partial charge in [-0.3, -0.25) is 0 Å². The van der Waals surface area contributed by atoms with Crippen LogP contribution in [0.15, 0.2) is 45.2 Å². The number of hydrogen-bond donors (Lipinski definition) is 0. The number of para-hydroxylation sites is 1. The first-order valence-corrected chi connectivity index (χ1v) is 8.45. The minimum atomic E-state index is -0.635. The monoisotopic (exact) mass is 372 g/mol. The van der Waals surface area contributed by atoms with Crippen molar-refractivity contribution in [2.75, 3.05) is 7.11 Å². The fraction of sp³-hybridized carbons (Fsp3) is 0.300. The third kappa shape index (κ3) is 4.20. The molecule has 0 unspecified atom stereocenters. The van der Waals surface area contributed by atoms with Crippen molar-refractivity contribution in [1.29, 1.82) is 0 Å². The molecule has 0 amide bonds. The van der Waals surface area contributed by atoms with E-state index in [1.807, 2.05) is 32.0 Å². The van der Waals surface area contributed by atoms with Crippen molar-refractivity contribution in [3.63, 3.8) is 0 Å². The molecule has 0 N–H and O–H groups in total. The van der Waals surface area contributed by atoms with Gasteiger partial charge in [0.25, 0.3) is 0 Å². The normalized spacial score (nSPS) is 11.1. The molecule has 7 heteroatoms. The summed E-state index contributed by atoms with van der Waals surface area (Å²) in [5.41, 5.74) is 1.22. The van der Waals surface area contributed by atoms with E-state index in [1.165, 1.54) is 13.2 Å². The molecular formula is C20H20O7. The first-order chi connectivity index (χ1) is 13.0. The Balaban J connectivity index is 1.77. The largest absolute Gasteiger partial charge is 0.463 e. The van der Waals surface area contributed by atoms with Crippen LogP contribution < -0.4 is 0 Å². The SMILES string of the molecule is COC(=O)c1ccc(COC(=O)c2oc3ccccc3c2COC(C)C)o1. The predicted octanol–water partition coefficient (Wildman–Crippen LogP) is 4.09. The second kappa shape index (κ2) is 8.09. The summed E-state index contributed by atoms with van der Waals surface area (Å²) < 4.78 is 26.5. The van der Waals surface area contributed by atoms with Gasteiger partial charge in [-0.15, -0.1) is 0 Å². The molecule has 27 heavy (non-hydrogen) atoms. The van der Waals surface area contributed by atoms with Crippen LogP contribution in [0.1, 0.15) is 46.3 Å². The Morgan fingerprint density at radius 1 is 1.00 bits per heavy atom. The van der Waals surface area contributed by atoms with Gasteiger partial charge in [0, 0.05) is 10.9 Å². The average Bonchev–Trinajstić information content (AvgIpc) is 3.28. The first kappa shape index (κ1) is 18.7. The van der Waals surface area contributed by atoms with Gasteiger partial charge in [-0.25, -0.2) is 9.59 Å². The fourth-order valence-corrected chi connectivity index (χ4v) is 2.52. The third-order valence-electron chi connectivity index (χ3n) is 3.84. The number of hydrogen-bond acceptors (Lipinski definition) is 7. The average molecular weight is 372 g/mol. The molecule has 0 saturated heterocycles. The van der Waals surface area contributed by atoms with Gasteiger partial charge in [0.15, 0.2) is 0 Å².